The van der Waals surface area contributed by atoms with Gasteiger partial charge in [0.05, 0.1) is 12.7 Å². The van der Waals surface area contributed by atoms with Gasteiger partial charge in [0.25, 0.3) is 0 Å². The summed E-state index contributed by atoms with van der Waals surface area (Å²) in [6.07, 6.45) is 0. The normalized spacial score (nSPS) is 10.3. The van der Waals surface area contributed by atoms with Crippen LogP contribution in [-0.2, 0) is 10.5 Å². The van der Waals surface area contributed by atoms with Crippen LogP contribution in [0.2, 0.25) is 0 Å². The van der Waals surface area contributed by atoms with E-state index in [1.807, 2.05) is 43.3 Å². The Morgan fingerprint density at radius 3 is 2.75 bits per heavy atom. The monoisotopic (exact) mass is 287 g/mol. The summed E-state index contributed by atoms with van der Waals surface area (Å²) in [5.41, 5.74) is 9.32. The van der Waals surface area contributed by atoms with Crippen LogP contribution < -0.4 is 5.73 Å². The zero-order chi connectivity index (χ0) is 14.5. The van der Waals surface area contributed by atoms with Crippen LogP contribution in [0, 0.1) is 6.92 Å². The van der Waals surface area contributed by atoms with Gasteiger partial charge in [0.2, 0.25) is 0 Å². The second-order valence-corrected chi connectivity index (χ2v) is 5.48. The molecule has 0 saturated heterocycles. The average molecular weight is 287 g/mol. The first-order chi connectivity index (χ1) is 9.61. The molecule has 2 aromatic rings. The molecule has 0 aliphatic carbocycles. The van der Waals surface area contributed by atoms with Gasteiger partial charge in [0, 0.05) is 16.3 Å². The Kier molecular flexibility index (Phi) is 4.69. The Morgan fingerprint density at radius 1 is 1.25 bits per heavy atom. The van der Waals surface area contributed by atoms with E-state index in [0.29, 0.717) is 11.3 Å². The van der Waals surface area contributed by atoms with E-state index in [1.54, 1.807) is 17.8 Å². The lowest BCUT2D eigenvalue weighted by molar-refractivity contribution is 0.0600. The van der Waals surface area contributed by atoms with Crippen molar-refractivity contribution in [3.63, 3.8) is 0 Å². The molecule has 0 fully saturated rings. The lowest BCUT2D eigenvalue weighted by Gasteiger charge is -2.09. The van der Waals surface area contributed by atoms with Gasteiger partial charge in [0.15, 0.2) is 0 Å². The highest BCUT2D eigenvalue weighted by molar-refractivity contribution is 7.98. The minimum atomic E-state index is -0.300. The van der Waals surface area contributed by atoms with Gasteiger partial charge in [-0.2, -0.15) is 0 Å². The number of carbonyl (C=O) groups is 1. The number of carbonyl (C=O) groups excluding carboxylic acids is 1. The van der Waals surface area contributed by atoms with Gasteiger partial charge in [-0.1, -0.05) is 24.3 Å². The largest absolute Gasteiger partial charge is 0.465 e. The maximum Gasteiger partial charge on any atom is 0.338 e. The van der Waals surface area contributed by atoms with E-state index in [9.17, 15) is 4.79 Å². The molecule has 0 aliphatic rings. The van der Waals surface area contributed by atoms with E-state index in [4.69, 9.17) is 10.5 Å². The molecule has 20 heavy (non-hydrogen) atoms. The molecule has 0 aromatic heterocycles. The Labute approximate surface area is 123 Å². The van der Waals surface area contributed by atoms with Gasteiger partial charge in [-0.25, -0.2) is 4.79 Å². The summed E-state index contributed by atoms with van der Waals surface area (Å²) in [7, 11) is 1.40. The van der Waals surface area contributed by atoms with Crippen LogP contribution in [0.4, 0.5) is 5.69 Å². The average Bonchev–Trinajstić information content (AvgIpc) is 2.47. The van der Waals surface area contributed by atoms with Crippen LogP contribution in [0.15, 0.2) is 47.4 Å². The number of thioether (sulfide) groups is 1. The number of ether oxygens (including phenoxy) is 1. The first-order valence-corrected chi connectivity index (χ1v) is 7.25. The summed E-state index contributed by atoms with van der Waals surface area (Å²) in [5, 5.41) is 0. The van der Waals surface area contributed by atoms with Crippen molar-refractivity contribution >= 4 is 23.4 Å². The van der Waals surface area contributed by atoms with E-state index in [1.165, 1.54) is 12.7 Å². The summed E-state index contributed by atoms with van der Waals surface area (Å²) in [6, 6.07) is 13.3. The van der Waals surface area contributed by atoms with Crippen molar-refractivity contribution in [1.82, 2.24) is 0 Å². The Morgan fingerprint density at radius 2 is 2.00 bits per heavy atom. The molecule has 0 amide bonds. The minimum absolute atomic E-state index is 0.300. The molecular weight excluding hydrogens is 270 g/mol. The zero-order valence-electron chi connectivity index (χ0n) is 11.6. The van der Waals surface area contributed by atoms with Gasteiger partial charge >= 0.3 is 5.97 Å². The molecule has 104 valence electrons. The molecule has 0 radical (unpaired) electrons. The van der Waals surface area contributed by atoms with Crippen molar-refractivity contribution in [2.75, 3.05) is 12.8 Å². The maximum absolute atomic E-state index is 11.7. The fourth-order valence-corrected chi connectivity index (χ4v) is 2.96. The van der Waals surface area contributed by atoms with E-state index < -0.39 is 0 Å². The summed E-state index contributed by atoms with van der Waals surface area (Å²) < 4.78 is 4.80. The van der Waals surface area contributed by atoms with Gasteiger partial charge < -0.3 is 10.5 Å². The number of rotatable bonds is 4. The van der Waals surface area contributed by atoms with E-state index >= 15 is 0 Å². The highest BCUT2D eigenvalue weighted by atomic mass is 32.2. The third-order valence-corrected chi connectivity index (χ3v) is 4.22. The lowest BCUT2D eigenvalue weighted by atomic mass is 10.1. The van der Waals surface area contributed by atoms with Crippen molar-refractivity contribution in [3.8, 4) is 0 Å². The summed E-state index contributed by atoms with van der Waals surface area (Å²) in [5.74, 6) is 0.403. The molecule has 0 atom stereocenters. The predicted molar refractivity (Wildman–Crippen MR) is 82.9 cm³/mol. The molecular formula is C16H17NO2S. The molecule has 0 heterocycles. The molecule has 0 bridgehead atoms. The van der Waals surface area contributed by atoms with E-state index in [0.717, 1.165) is 16.1 Å². The highest BCUT2D eigenvalue weighted by Gasteiger charge is 2.11. The fourth-order valence-electron chi connectivity index (χ4n) is 1.88. The number of nitrogen functional groups attached to an aromatic ring is 1. The first kappa shape index (κ1) is 14.5. The van der Waals surface area contributed by atoms with E-state index in [-0.39, 0.29) is 5.97 Å². The second-order valence-electron chi connectivity index (χ2n) is 4.46. The van der Waals surface area contributed by atoms with Crippen LogP contribution in [0.5, 0.6) is 0 Å². The molecule has 2 aromatic carbocycles. The standard InChI is InChI=1S/C16H17NO2S/c1-11-7-8-13(17)9-15(11)20-10-12-5-3-4-6-14(12)16(18)19-2/h3-9H,10,17H2,1-2H3. The van der Waals surface area contributed by atoms with Crippen LogP contribution in [0.25, 0.3) is 0 Å². The number of aryl methyl sites for hydroxylation is 1. The molecule has 0 saturated carbocycles. The predicted octanol–water partition coefficient (Wildman–Crippen LogP) is 3.66. The molecule has 3 nitrogen and oxygen atoms in total. The van der Waals surface area contributed by atoms with Gasteiger partial charge in [-0.15, -0.1) is 11.8 Å². The Hall–Kier alpha value is -1.94. The zero-order valence-corrected chi connectivity index (χ0v) is 12.4. The number of hydrogen-bond donors (Lipinski definition) is 1. The minimum Gasteiger partial charge on any atom is -0.465 e. The quantitative estimate of drug-likeness (QED) is 0.530. The fraction of sp³-hybridized carbons (Fsp3) is 0.188. The first-order valence-electron chi connectivity index (χ1n) is 6.27. The van der Waals surface area contributed by atoms with Crippen LogP contribution in [0.3, 0.4) is 0 Å². The SMILES string of the molecule is COC(=O)c1ccccc1CSc1cc(N)ccc1C. The van der Waals surface area contributed by atoms with Crippen molar-refractivity contribution in [2.24, 2.45) is 0 Å². The molecule has 2 rings (SSSR count). The topological polar surface area (TPSA) is 52.3 Å². The number of hydrogen-bond acceptors (Lipinski definition) is 4. The van der Waals surface area contributed by atoms with Crippen molar-refractivity contribution in [1.29, 1.82) is 0 Å². The summed E-state index contributed by atoms with van der Waals surface area (Å²) >= 11 is 1.67. The van der Waals surface area contributed by atoms with Gasteiger partial charge in [-0.05, 0) is 36.2 Å². The number of anilines is 1. The molecule has 0 spiro atoms. The molecule has 2 N–H and O–H groups in total. The van der Waals surface area contributed by atoms with Gasteiger partial charge in [0.1, 0.15) is 0 Å². The van der Waals surface area contributed by atoms with Crippen LogP contribution in [-0.4, -0.2) is 13.1 Å². The summed E-state index contributed by atoms with van der Waals surface area (Å²) in [4.78, 5) is 12.8. The van der Waals surface area contributed by atoms with E-state index in [2.05, 4.69) is 0 Å². The Balaban J connectivity index is 2.19. The number of methoxy groups -OCH3 is 1. The summed E-state index contributed by atoms with van der Waals surface area (Å²) in [6.45, 7) is 2.05. The second kappa shape index (κ2) is 6.48. The number of benzene rings is 2. The van der Waals surface area contributed by atoms with Gasteiger partial charge in [-0.3, -0.25) is 0 Å². The van der Waals surface area contributed by atoms with Crippen molar-refractivity contribution in [3.05, 3.63) is 59.2 Å². The highest BCUT2D eigenvalue weighted by Crippen LogP contribution is 2.29. The number of esters is 1. The number of nitrogens with two attached hydrogens (primary N) is 1. The maximum atomic E-state index is 11.7. The lowest BCUT2D eigenvalue weighted by Crippen LogP contribution is -2.04. The third-order valence-electron chi connectivity index (χ3n) is 3.02. The van der Waals surface area contributed by atoms with Crippen LogP contribution >= 0.6 is 11.8 Å². The van der Waals surface area contributed by atoms with Crippen molar-refractivity contribution in [2.45, 2.75) is 17.6 Å². The Bertz CT molecular complexity index is 626. The molecule has 0 aliphatic heterocycles. The van der Waals surface area contributed by atoms with Crippen molar-refractivity contribution < 1.29 is 9.53 Å². The smallest absolute Gasteiger partial charge is 0.338 e. The molecule has 0 unspecified atom stereocenters. The molecule has 4 heteroatoms. The third kappa shape index (κ3) is 3.33. The van der Waals surface area contributed by atoms with Crippen LogP contribution in [0.1, 0.15) is 21.5 Å².